The Kier molecular flexibility index (Phi) is 8.96. The first-order chi connectivity index (χ1) is 13.8. The van der Waals surface area contributed by atoms with Crippen molar-refractivity contribution in [3.8, 4) is 0 Å². The number of esters is 2. The molecule has 0 saturated heterocycles. The second-order valence-corrected chi connectivity index (χ2v) is 8.41. The van der Waals surface area contributed by atoms with Gasteiger partial charge in [0.15, 0.2) is 6.61 Å². The van der Waals surface area contributed by atoms with E-state index in [2.05, 4.69) is 26.1 Å². The number of rotatable bonds is 8. The lowest BCUT2D eigenvalue weighted by atomic mass is 9.75. The largest absolute Gasteiger partial charge is 0.460 e. The molecule has 1 amide bonds. The number of carbonyl (C=O) groups excluding carboxylic acids is 3. The molecule has 1 aliphatic rings. The van der Waals surface area contributed by atoms with E-state index in [1.165, 1.54) is 0 Å². The Morgan fingerprint density at radius 1 is 1.17 bits per heavy atom. The van der Waals surface area contributed by atoms with Crippen LogP contribution in [0.5, 0.6) is 0 Å². The molecule has 2 rings (SSSR count). The second kappa shape index (κ2) is 11.2. The van der Waals surface area contributed by atoms with Crippen LogP contribution >= 0.6 is 11.6 Å². The van der Waals surface area contributed by atoms with Crippen molar-refractivity contribution in [2.24, 2.45) is 17.8 Å². The van der Waals surface area contributed by atoms with Gasteiger partial charge in [0.1, 0.15) is 6.10 Å². The summed E-state index contributed by atoms with van der Waals surface area (Å²) in [6.07, 6.45) is 2.86. The highest BCUT2D eigenvalue weighted by molar-refractivity contribution is 6.33. The van der Waals surface area contributed by atoms with Crippen LogP contribution in [0.1, 0.15) is 56.8 Å². The molecule has 1 fully saturated rings. The van der Waals surface area contributed by atoms with Crippen LogP contribution in [0.25, 0.3) is 0 Å². The molecule has 0 heterocycles. The lowest BCUT2D eigenvalue weighted by molar-refractivity contribution is -0.167. The maximum absolute atomic E-state index is 12.1. The monoisotopic (exact) mass is 423 g/mol. The van der Waals surface area contributed by atoms with Crippen LogP contribution in [-0.2, 0) is 19.1 Å². The highest BCUT2D eigenvalue weighted by Gasteiger charge is 2.33. The van der Waals surface area contributed by atoms with Gasteiger partial charge in [0.25, 0.3) is 5.91 Å². The van der Waals surface area contributed by atoms with Gasteiger partial charge in [0.05, 0.1) is 17.0 Å². The van der Waals surface area contributed by atoms with E-state index in [0.717, 1.165) is 19.3 Å². The Balaban J connectivity index is 1.69. The first kappa shape index (κ1) is 23.2. The SMILES string of the molecule is CC(C)[C@H]1CC[C@@H](C)C[C@@H]1OC(=O)COC(=O)CCNC(=O)c1ccccc1Cl. The molecule has 6 nitrogen and oxygen atoms in total. The lowest BCUT2D eigenvalue weighted by Gasteiger charge is -2.36. The van der Waals surface area contributed by atoms with Gasteiger partial charge in [-0.05, 0) is 42.7 Å². The summed E-state index contributed by atoms with van der Waals surface area (Å²) in [5, 5.41) is 2.95. The Labute approximate surface area is 177 Å². The molecule has 0 unspecified atom stereocenters. The Hall–Kier alpha value is -2.08. The fraction of sp³-hybridized carbons (Fsp3) is 0.591. The minimum Gasteiger partial charge on any atom is -0.460 e. The maximum atomic E-state index is 12.1. The van der Waals surface area contributed by atoms with Gasteiger partial charge < -0.3 is 14.8 Å². The molecule has 1 N–H and O–H groups in total. The zero-order valence-corrected chi connectivity index (χ0v) is 18.0. The van der Waals surface area contributed by atoms with Gasteiger partial charge in [-0.2, -0.15) is 0 Å². The normalized spacial score (nSPS) is 21.5. The molecule has 160 valence electrons. The molecule has 3 atom stereocenters. The Morgan fingerprint density at radius 3 is 2.59 bits per heavy atom. The first-order valence-corrected chi connectivity index (χ1v) is 10.5. The van der Waals surface area contributed by atoms with E-state index >= 15 is 0 Å². The van der Waals surface area contributed by atoms with Gasteiger partial charge in [-0.1, -0.05) is 50.9 Å². The average molecular weight is 424 g/mol. The van der Waals surface area contributed by atoms with Crippen molar-refractivity contribution >= 4 is 29.4 Å². The lowest BCUT2D eigenvalue weighted by Crippen LogP contribution is -2.37. The topological polar surface area (TPSA) is 81.7 Å². The van der Waals surface area contributed by atoms with Crippen LogP contribution in [-0.4, -0.2) is 37.1 Å². The van der Waals surface area contributed by atoms with E-state index in [9.17, 15) is 14.4 Å². The fourth-order valence-corrected chi connectivity index (χ4v) is 3.90. The van der Waals surface area contributed by atoms with Crippen LogP contribution in [0, 0.1) is 17.8 Å². The summed E-state index contributed by atoms with van der Waals surface area (Å²) in [5.41, 5.74) is 0.340. The van der Waals surface area contributed by atoms with Crippen molar-refractivity contribution in [1.29, 1.82) is 0 Å². The van der Waals surface area contributed by atoms with E-state index in [-0.39, 0.29) is 25.0 Å². The molecular weight excluding hydrogens is 394 g/mol. The molecule has 0 aliphatic heterocycles. The van der Waals surface area contributed by atoms with Crippen LogP contribution in [0.3, 0.4) is 0 Å². The highest BCUT2D eigenvalue weighted by atomic mass is 35.5. The van der Waals surface area contributed by atoms with Gasteiger partial charge in [0.2, 0.25) is 0 Å². The molecule has 1 aliphatic carbocycles. The van der Waals surface area contributed by atoms with Gasteiger partial charge in [-0.15, -0.1) is 0 Å². The van der Waals surface area contributed by atoms with E-state index < -0.39 is 18.5 Å². The minimum absolute atomic E-state index is 0.0431. The summed E-state index contributed by atoms with van der Waals surface area (Å²) < 4.78 is 10.6. The molecular formula is C22H30ClNO5. The summed E-state index contributed by atoms with van der Waals surface area (Å²) in [7, 11) is 0. The second-order valence-electron chi connectivity index (χ2n) is 8.00. The number of nitrogens with one attached hydrogen (secondary N) is 1. The van der Waals surface area contributed by atoms with Gasteiger partial charge in [-0.3, -0.25) is 9.59 Å². The number of ether oxygens (including phenoxy) is 2. The third-order valence-electron chi connectivity index (χ3n) is 5.33. The number of halogens is 1. The molecule has 0 radical (unpaired) electrons. The number of hydrogen-bond acceptors (Lipinski definition) is 5. The molecule has 0 aromatic heterocycles. The van der Waals surface area contributed by atoms with Crippen LogP contribution in [0.4, 0.5) is 0 Å². The summed E-state index contributed by atoms with van der Waals surface area (Å²) in [4.78, 5) is 36.0. The van der Waals surface area contributed by atoms with Crippen molar-refractivity contribution in [1.82, 2.24) is 5.32 Å². The fourth-order valence-electron chi connectivity index (χ4n) is 3.68. The van der Waals surface area contributed by atoms with Crippen LogP contribution < -0.4 is 5.32 Å². The zero-order valence-electron chi connectivity index (χ0n) is 17.3. The molecule has 1 aromatic carbocycles. The van der Waals surface area contributed by atoms with E-state index in [1.54, 1.807) is 24.3 Å². The van der Waals surface area contributed by atoms with Crippen LogP contribution in [0.15, 0.2) is 24.3 Å². The standard InChI is InChI=1S/C22H30ClNO5/c1-14(2)16-9-8-15(3)12-19(16)29-21(26)13-28-20(25)10-11-24-22(27)17-6-4-5-7-18(17)23/h4-7,14-16,19H,8-13H2,1-3H3,(H,24,27)/t15-,16-,19+/m1/s1. The smallest absolute Gasteiger partial charge is 0.344 e. The number of carbonyl (C=O) groups is 3. The molecule has 7 heteroatoms. The third-order valence-corrected chi connectivity index (χ3v) is 5.66. The van der Waals surface area contributed by atoms with Gasteiger partial charge >= 0.3 is 11.9 Å². The van der Waals surface area contributed by atoms with Crippen molar-refractivity contribution < 1.29 is 23.9 Å². The summed E-state index contributed by atoms with van der Waals surface area (Å²) in [5.74, 6) is -0.168. The molecule has 0 spiro atoms. The molecule has 1 aromatic rings. The van der Waals surface area contributed by atoms with E-state index in [1.807, 2.05) is 0 Å². The van der Waals surface area contributed by atoms with Crippen molar-refractivity contribution in [2.75, 3.05) is 13.2 Å². The average Bonchev–Trinajstić information content (AvgIpc) is 2.66. The molecule has 1 saturated carbocycles. The van der Waals surface area contributed by atoms with Gasteiger partial charge in [-0.25, -0.2) is 4.79 Å². The number of benzene rings is 1. The van der Waals surface area contributed by atoms with Crippen molar-refractivity contribution in [3.63, 3.8) is 0 Å². The molecule has 0 bridgehead atoms. The van der Waals surface area contributed by atoms with E-state index in [0.29, 0.717) is 28.3 Å². The zero-order chi connectivity index (χ0) is 21.4. The maximum Gasteiger partial charge on any atom is 0.344 e. The summed E-state index contributed by atoms with van der Waals surface area (Å²) >= 11 is 5.96. The van der Waals surface area contributed by atoms with Gasteiger partial charge in [0, 0.05) is 6.54 Å². The number of hydrogen-bond donors (Lipinski definition) is 1. The highest BCUT2D eigenvalue weighted by Crippen LogP contribution is 2.35. The first-order valence-electron chi connectivity index (χ1n) is 10.2. The number of amides is 1. The van der Waals surface area contributed by atoms with E-state index in [4.69, 9.17) is 21.1 Å². The predicted octanol–water partition coefficient (Wildman–Crippen LogP) is 4.01. The van der Waals surface area contributed by atoms with Crippen molar-refractivity contribution in [3.05, 3.63) is 34.9 Å². The summed E-state index contributed by atoms with van der Waals surface area (Å²) in [6.45, 7) is 6.12. The predicted molar refractivity (Wildman–Crippen MR) is 111 cm³/mol. The Bertz CT molecular complexity index is 721. The summed E-state index contributed by atoms with van der Waals surface area (Å²) in [6, 6.07) is 6.65. The third kappa shape index (κ3) is 7.35. The Morgan fingerprint density at radius 2 is 1.90 bits per heavy atom. The quantitative estimate of drug-likeness (QED) is 0.639. The van der Waals surface area contributed by atoms with Crippen molar-refractivity contribution in [2.45, 2.75) is 52.6 Å². The molecule has 29 heavy (non-hydrogen) atoms. The van der Waals surface area contributed by atoms with Crippen LogP contribution in [0.2, 0.25) is 5.02 Å². The minimum atomic E-state index is -0.571.